The number of unbranched alkanes of at least 4 members (excludes halogenated alkanes) is 2. The maximum absolute atomic E-state index is 11.8. The van der Waals surface area contributed by atoms with Gasteiger partial charge in [-0.05, 0) is 44.4 Å². The Kier molecular flexibility index (Phi) is 7.87. The van der Waals surface area contributed by atoms with E-state index in [2.05, 4.69) is 0 Å². The quantitative estimate of drug-likeness (QED) is 0.467. The van der Waals surface area contributed by atoms with Crippen molar-refractivity contribution in [2.24, 2.45) is 0 Å². The van der Waals surface area contributed by atoms with Gasteiger partial charge in [-0.2, -0.15) is 0 Å². The van der Waals surface area contributed by atoms with Crippen LogP contribution in [0.1, 0.15) is 45.1 Å². The molecular weight excluding hydrogens is 336 g/mol. The molecule has 6 nitrogen and oxygen atoms in total. The predicted octanol–water partition coefficient (Wildman–Crippen LogP) is 3.47. The molecule has 0 unspecified atom stereocenters. The summed E-state index contributed by atoms with van der Waals surface area (Å²) in [5.74, 6) is -0.269. The summed E-state index contributed by atoms with van der Waals surface area (Å²) in [5, 5.41) is 0. The van der Waals surface area contributed by atoms with E-state index in [4.69, 9.17) is 23.7 Å². The van der Waals surface area contributed by atoms with Gasteiger partial charge in [0.15, 0.2) is 11.9 Å². The predicted molar refractivity (Wildman–Crippen MR) is 97.0 cm³/mol. The highest BCUT2D eigenvalue weighted by Gasteiger charge is 2.45. The molecule has 0 spiro atoms. The van der Waals surface area contributed by atoms with Crippen molar-refractivity contribution >= 4 is 5.97 Å². The van der Waals surface area contributed by atoms with Crippen molar-refractivity contribution in [1.82, 2.24) is 0 Å². The van der Waals surface area contributed by atoms with Gasteiger partial charge in [0, 0.05) is 6.61 Å². The van der Waals surface area contributed by atoms with Crippen molar-refractivity contribution in [2.75, 3.05) is 20.8 Å². The summed E-state index contributed by atoms with van der Waals surface area (Å²) < 4.78 is 27.1. The Morgan fingerprint density at radius 1 is 1.08 bits per heavy atom. The second-order valence-corrected chi connectivity index (χ2v) is 6.87. The third kappa shape index (κ3) is 6.27. The molecule has 1 aliphatic rings. The fraction of sp³-hybridized carbons (Fsp3) is 0.650. The van der Waals surface area contributed by atoms with Gasteiger partial charge in [0.1, 0.15) is 5.75 Å². The standard InChI is InChI=1S/C20H30O6/c1-20(2)25-17(18(26-20)19(21)23-4)8-6-5-7-13-24-14-15-9-11-16(22-3)12-10-15/h9-12,17-18H,5-8,13-14H2,1-4H3/t17-,18+/m0/s1. The lowest BCUT2D eigenvalue weighted by molar-refractivity contribution is -0.168. The molecule has 0 bridgehead atoms. The molecule has 1 saturated heterocycles. The highest BCUT2D eigenvalue weighted by molar-refractivity contribution is 5.75. The van der Waals surface area contributed by atoms with Crippen molar-refractivity contribution in [3.05, 3.63) is 29.8 Å². The smallest absolute Gasteiger partial charge is 0.337 e. The SMILES string of the molecule is COC(=O)[C@@H]1OC(C)(C)O[C@H]1CCCCCOCc1ccc(OC)cc1. The average Bonchev–Trinajstić information content (AvgIpc) is 2.95. The van der Waals surface area contributed by atoms with E-state index < -0.39 is 11.9 Å². The molecule has 2 rings (SSSR count). The zero-order valence-corrected chi connectivity index (χ0v) is 16.2. The molecule has 2 atom stereocenters. The van der Waals surface area contributed by atoms with Gasteiger partial charge in [-0.3, -0.25) is 0 Å². The van der Waals surface area contributed by atoms with Crippen LogP contribution in [-0.4, -0.2) is 44.8 Å². The second kappa shape index (κ2) is 9.90. The third-order valence-electron chi connectivity index (χ3n) is 4.32. The van der Waals surface area contributed by atoms with Gasteiger partial charge in [-0.1, -0.05) is 25.0 Å². The summed E-state index contributed by atoms with van der Waals surface area (Å²) in [5.41, 5.74) is 1.13. The number of hydrogen-bond acceptors (Lipinski definition) is 6. The molecule has 1 aromatic rings. The molecule has 0 radical (unpaired) electrons. The number of esters is 1. The van der Waals surface area contributed by atoms with Crippen LogP contribution in [0.3, 0.4) is 0 Å². The van der Waals surface area contributed by atoms with Crippen LogP contribution < -0.4 is 4.74 Å². The van der Waals surface area contributed by atoms with E-state index in [1.165, 1.54) is 7.11 Å². The zero-order chi connectivity index (χ0) is 19.0. The zero-order valence-electron chi connectivity index (χ0n) is 16.2. The van der Waals surface area contributed by atoms with Gasteiger partial charge in [0.05, 0.1) is 26.9 Å². The fourth-order valence-corrected chi connectivity index (χ4v) is 3.00. The van der Waals surface area contributed by atoms with Crippen LogP contribution >= 0.6 is 0 Å². The van der Waals surface area contributed by atoms with Crippen LogP contribution in [0.25, 0.3) is 0 Å². The van der Waals surface area contributed by atoms with Crippen molar-refractivity contribution in [1.29, 1.82) is 0 Å². The molecule has 0 amide bonds. The minimum atomic E-state index is -0.745. The summed E-state index contributed by atoms with van der Waals surface area (Å²) in [6, 6.07) is 7.87. The number of ether oxygens (including phenoxy) is 5. The lowest BCUT2D eigenvalue weighted by Crippen LogP contribution is -2.32. The van der Waals surface area contributed by atoms with Crippen LogP contribution in [0.2, 0.25) is 0 Å². The molecule has 1 fully saturated rings. The molecule has 0 aromatic heterocycles. The summed E-state index contributed by atoms with van der Waals surface area (Å²) in [6.07, 6.45) is 2.80. The molecule has 146 valence electrons. The summed E-state index contributed by atoms with van der Waals surface area (Å²) >= 11 is 0. The first-order chi connectivity index (χ1) is 12.4. The van der Waals surface area contributed by atoms with Crippen molar-refractivity contribution < 1.29 is 28.5 Å². The Morgan fingerprint density at radius 2 is 1.81 bits per heavy atom. The molecule has 0 saturated carbocycles. The van der Waals surface area contributed by atoms with Crippen molar-refractivity contribution in [3.63, 3.8) is 0 Å². The highest BCUT2D eigenvalue weighted by atomic mass is 16.8. The van der Waals surface area contributed by atoms with Gasteiger partial charge in [0.25, 0.3) is 0 Å². The van der Waals surface area contributed by atoms with E-state index in [0.29, 0.717) is 13.2 Å². The summed E-state index contributed by atoms with van der Waals surface area (Å²) in [7, 11) is 3.02. The monoisotopic (exact) mass is 366 g/mol. The van der Waals surface area contributed by atoms with Gasteiger partial charge < -0.3 is 23.7 Å². The first-order valence-corrected chi connectivity index (χ1v) is 9.09. The van der Waals surface area contributed by atoms with E-state index in [9.17, 15) is 4.79 Å². The maximum Gasteiger partial charge on any atom is 0.337 e. The Morgan fingerprint density at radius 3 is 2.46 bits per heavy atom. The van der Waals surface area contributed by atoms with Crippen LogP contribution in [0.5, 0.6) is 5.75 Å². The van der Waals surface area contributed by atoms with Crippen LogP contribution in [0.15, 0.2) is 24.3 Å². The van der Waals surface area contributed by atoms with Crippen molar-refractivity contribution in [3.8, 4) is 5.75 Å². The lowest BCUT2D eigenvalue weighted by atomic mass is 10.1. The Labute approximate surface area is 155 Å². The van der Waals surface area contributed by atoms with Gasteiger partial charge >= 0.3 is 5.97 Å². The lowest BCUT2D eigenvalue weighted by Gasteiger charge is -2.16. The van der Waals surface area contributed by atoms with Gasteiger partial charge in [-0.25, -0.2) is 4.79 Å². The van der Waals surface area contributed by atoms with Crippen LogP contribution in [0, 0.1) is 0 Å². The number of hydrogen-bond donors (Lipinski definition) is 0. The minimum Gasteiger partial charge on any atom is -0.497 e. The molecule has 26 heavy (non-hydrogen) atoms. The Hall–Kier alpha value is -1.63. The Balaban J connectivity index is 1.60. The number of benzene rings is 1. The molecule has 1 heterocycles. The molecule has 1 aromatic carbocycles. The van der Waals surface area contributed by atoms with E-state index in [-0.39, 0.29) is 12.1 Å². The van der Waals surface area contributed by atoms with Gasteiger partial charge in [-0.15, -0.1) is 0 Å². The van der Waals surface area contributed by atoms with Crippen LogP contribution in [0.4, 0.5) is 0 Å². The van der Waals surface area contributed by atoms with Gasteiger partial charge in [0.2, 0.25) is 0 Å². The summed E-state index contributed by atoms with van der Waals surface area (Å²) in [6.45, 7) is 4.94. The summed E-state index contributed by atoms with van der Waals surface area (Å²) in [4.78, 5) is 11.8. The van der Waals surface area contributed by atoms with Crippen molar-refractivity contribution in [2.45, 2.75) is 64.1 Å². The molecular formula is C20H30O6. The third-order valence-corrected chi connectivity index (χ3v) is 4.32. The number of methoxy groups -OCH3 is 2. The normalized spacial score (nSPS) is 21.5. The molecule has 1 aliphatic heterocycles. The molecule has 0 aliphatic carbocycles. The van der Waals surface area contributed by atoms with Crippen LogP contribution in [-0.2, 0) is 30.3 Å². The molecule has 0 N–H and O–H groups in total. The molecule has 6 heteroatoms. The minimum absolute atomic E-state index is 0.252. The average molecular weight is 366 g/mol. The van der Waals surface area contributed by atoms with E-state index in [1.54, 1.807) is 7.11 Å². The fourth-order valence-electron chi connectivity index (χ4n) is 3.00. The maximum atomic E-state index is 11.8. The highest BCUT2D eigenvalue weighted by Crippen LogP contribution is 2.31. The van der Waals surface area contributed by atoms with E-state index in [1.807, 2.05) is 38.1 Å². The first-order valence-electron chi connectivity index (χ1n) is 9.09. The number of carbonyl (C=O) groups excluding carboxylic acids is 1. The Bertz CT molecular complexity index is 554. The number of carbonyl (C=O) groups is 1. The number of rotatable bonds is 10. The van der Waals surface area contributed by atoms with E-state index in [0.717, 1.165) is 37.0 Å². The topological polar surface area (TPSA) is 63.2 Å². The second-order valence-electron chi connectivity index (χ2n) is 6.87. The largest absolute Gasteiger partial charge is 0.497 e. The first kappa shape index (κ1) is 20.7. The van der Waals surface area contributed by atoms with E-state index >= 15 is 0 Å².